The lowest BCUT2D eigenvalue weighted by atomic mass is 9.70. The summed E-state index contributed by atoms with van der Waals surface area (Å²) in [4.78, 5) is 1.73. The van der Waals surface area contributed by atoms with Crippen LogP contribution in [-0.2, 0) is 5.60 Å². The molecule has 2 heteroatoms. The highest BCUT2D eigenvalue weighted by Crippen LogP contribution is 2.42. The first kappa shape index (κ1) is 18.6. The molecule has 0 aliphatic carbocycles. The number of hydrogen-bond acceptors (Lipinski definition) is 1. The van der Waals surface area contributed by atoms with Crippen LogP contribution in [0.5, 0.6) is 0 Å². The largest absolute Gasteiger partial charge is 0.380 e. The SMILES string of the molecule is OC(c1ccccc1)(c1ccccc1)[C@@H]1CC[NH+]2C[C@@H](c3ccccc3)C[C@@H]2C1. The van der Waals surface area contributed by atoms with Gasteiger partial charge in [0.25, 0.3) is 0 Å². The first-order valence-corrected chi connectivity index (χ1v) is 11.0. The molecule has 0 radical (unpaired) electrons. The Labute approximate surface area is 173 Å². The van der Waals surface area contributed by atoms with Crippen LogP contribution in [0.15, 0.2) is 91.0 Å². The second-order valence-corrected chi connectivity index (χ2v) is 8.87. The summed E-state index contributed by atoms with van der Waals surface area (Å²) >= 11 is 0. The zero-order valence-electron chi connectivity index (χ0n) is 16.9. The normalized spacial score (nSPS) is 26.8. The van der Waals surface area contributed by atoms with E-state index in [0.717, 1.165) is 30.5 Å². The second kappa shape index (κ2) is 7.78. The van der Waals surface area contributed by atoms with Gasteiger partial charge in [0.15, 0.2) is 0 Å². The van der Waals surface area contributed by atoms with Gasteiger partial charge in [-0.15, -0.1) is 0 Å². The van der Waals surface area contributed by atoms with Crippen molar-refractivity contribution in [2.45, 2.75) is 36.8 Å². The maximum atomic E-state index is 12.2. The van der Waals surface area contributed by atoms with Gasteiger partial charge < -0.3 is 10.0 Å². The molecular weight excluding hydrogens is 354 g/mol. The fourth-order valence-electron chi connectivity index (χ4n) is 5.85. The van der Waals surface area contributed by atoms with Gasteiger partial charge in [0.2, 0.25) is 0 Å². The van der Waals surface area contributed by atoms with Gasteiger partial charge in [-0.25, -0.2) is 0 Å². The van der Waals surface area contributed by atoms with E-state index in [1.54, 1.807) is 4.90 Å². The molecule has 1 unspecified atom stereocenters. The number of hydrogen-bond donors (Lipinski definition) is 2. The number of benzene rings is 3. The Morgan fingerprint density at radius 3 is 1.86 bits per heavy atom. The highest BCUT2D eigenvalue weighted by Gasteiger charge is 2.48. The molecule has 0 amide bonds. The number of aliphatic hydroxyl groups is 1. The van der Waals surface area contributed by atoms with E-state index in [9.17, 15) is 5.11 Å². The molecule has 2 saturated heterocycles. The molecule has 0 spiro atoms. The molecule has 5 rings (SSSR count). The Hall–Kier alpha value is -2.42. The van der Waals surface area contributed by atoms with Crippen molar-refractivity contribution in [2.24, 2.45) is 5.92 Å². The fourth-order valence-corrected chi connectivity index (χ4v) is 5.85. The van der Waals surface area contributed by atoms with Gasteiger partial charge in [-0.2, -0.15) is 0 Å². The average molecular weight is 385 g/mol. The summed E-state index contributed by atoms with van der Waals surface area (Å²) in [6.45, 7) is 2.39. The summed E-state index contributed by atoms with van der Waals surface area (Å²) in [5, 5.41) is 12.2. The van der Waals surface area contributed by atoms with Crippen LogP contribution in [-0.4, -0.2) is 24.2 Å². The van der Waals surface area contributed by atoms with E-state index in [-0.39, 0.29) is 5.92 Å². The lowest BCUT2D eigenvalue weighted by Crippen LogP contribution is -3.15. The van der Waals surface area contributed by atoms with Crippen molar-refractivity contribution in [1.29, 1.82) is 0 Å². The van der Waals surface area contributed by atoms with Crippen LogP contribution in [0, 0.1) is 5.92 Å². The predicted molar refractivity (Wildman–Crippen MR) is 117 cm³/mol. The van der Waals surface area contributed by atoms with Gasteiger partial charge in [-0.1, -0.05) is 91.0 Å². The van der Waals surface area contributed by atoms with E-state index in [2.05, 4.69) is 54.6 Å². The Bertz CT molecular complexity index is 885. The van der Waals surface area contributed by atoms with Crippen LogP contribution in [0.1, 0.15) is 41.9 Å². The Morgan fingerprint density at radius 1 is 0.724 bits per heavy atom. The van der Waals surface area contributed by atoms with Crippen molar-refractivity contribution in [3.63, 3.8) is 0 Å². The average Bonchev–Trinajstić information content (AvgIpc) is 3.24. The van der Waals surface area contributed by atoms with Gasteiger partial charge in [0.1, 0.15) is 5.60 Å². The van der Waals surface area contributed by atoms with E-state index >= 15 is 0 Å². The van der Waals surface area contributed by atoms with Crippen molar-refractivity contribution in [3.05, 3.63) is 108 Å². The molecule has 2 nitrogen and oxygen atoms in total. The second-order valence-electron chi connectivity index (χ2n) is 8.87. The molecule has 2 N–H and O–H groups in total. The number of piperidine rings is 1. The van der Waals surface area contributed by atoms with Crippen LogP contribution in [0.3, 0.4) is 0 Å². The van der Waals surface area contributed by atoms with Gasteiger partial charge in [-0.05, 0) is 16.7 Å². The Kier molecular flexibility index (Phi) is 4.99. The third-order valence-electron chi connectivity index (χ3n) is 7.33. The maximum Gasteiger partial charge on any atom is 0.118 e. The summed E-state index contributed by atoms with van der Waals surface area (Å²) in [7, 11) is 0. The summed E-state index contributed by atoms with van der Waals surface area (Å²) in [5.74, 6) is 0.895. The molecule has 0 saturated carbocycles. The third-order valence-corrected chi connectivity index (χ3v) is 7.33. The molecule has 0 aromatic heterocycles. The van der Waals surface area contributed by atoms with Crippen molar-refractivity contribution in [3.8, 4) is 0 Å². The molecule has 2 heterocycles. The van der Waals surface area contributed by atoms with Crippen molar-refractivity contribution < 1.29 is 10.0 Å². The van der Waals surface area contributed by atoms with Gasteiger partial charge in [-0.3, -0.25) is 0 Å². The van der Waals surface area contributed by atoms with E-state index < -0.39 is 5.60 Å². The van der Waals surface area contributed by atoms with Gasteiger partial charge in [0.05, 0.1) is 19.1 Å². The third kappa shape index (κ3) is 3.41. The van der Waals surface area contributed by atoms with E-state index in [1.165, 1.54) is 18.5 Å². The Morgan fingerprint density at radius 2 is 1.28 bits per heavy atom. The summed E-state index contributed by atoms with van der Waals surface area (Å²) in [6, 6.07) is 32.2. The minimum atomic E-state index is -0.918. The first-order valence-electron chi connectivity index (χ1n) is 11.0. The van der Waals surface area contributed by atoms with Crippen LogP contribution >= 0.6 is 0 Å². The molecule has 29 heavy (non-hydrogen) atoms. The lowest BCUT2D eigenvalue weighted by molar-refractivity contribution is -0.919. The molecule has 148 valence electrons. The molecule has 4 atom stereocenters. The molecule has 3 aromatic carbocycles. The summed E-state index contributed by atoms with van der Waals surface area (Å²) in [5.41, 5.74) is 2.61. The molecule has 2 aliphatic rings. The topological polar surface area (TPSA) is 24.7 Å². The standard InChI is InChI=1S/C27H29NO/c29-27(23-12-6-2-7-13-23,24-14-8-3-9-15-24)25-16-17-28-20-22(18-26(28)19-25)21-10-4-1-5-11-21/h1-15,22,25-26,29H,16-20H2/p+1/t22-,25+,26+/m0/s1. The molecule has 0 bridgehead atoms. The molecule has 2 fully saturated rings. The Balaban J connectivity index is 1.44. The van der Waals surface area contributed by atoms with Gasteiger partial charge in [0, 0.05) is 31.1 Å². The number of fused-ring (bicyclic) bond motifs is 1. The van der Waals surface area contributed by atoms with Crippen molar-refractivity contribution >= 4 is 0 Å². The lowest BCUT2D eigenvalue weighted by Gasteiger charge is -2.42. The predicted octanol–water partition coefficient (Wildman–Crippen LogP) is 3.77. The molecular formula is C27H30NO+. The zero-order chi connectivity index (χ0) is 19.7. The smallest absolute Gasteiger partial charge is 0.118 e. The molecule has 2 aliphatic heterocycles. The monoisotopic (exact) mass is 384 g/mol. The minimum Gasteiger partial charge on any atom is -0.380 e. The van der Waals surface area contributed by atoms with Gasteiger partial charge >= 0.3 is 0 Å². The van der Waals surface area contributed by atoms with E-state index in [1.807, 2.05) is 36.4 Å². The number of rotatable bonds is 4. The van der Waals surface area contributed by atoms with Crippen LogP contribution in [0.25, 0.3) is 0 Å². The number of quaternary nitrogens is 1. The van der Waals surface area contributed by atoms with E-state index in [0.29, 0.717) is 12.0 Å². The van der Waals surface area contributed by atoms with Crippen molar-refractivity contribution in [1.82, 2.24) is 0 Å². The molecule has 3 aromatic rings. The zero-order valence-corrected chi connectivity index (χ0v) is 16.9. The first-order chi connectivity index (χ1) is 14.2. The minimum absolute atomic E-state index is 0.246. The summed E-state index contributed by atoms with van der Waals surface area (Å²) < 4.78 is 0. The fraction of sp³-hybridized carbons (Fsp3) is 0.333. The summed E-state index contributed by atoms with van der Waals surface area (Å²) in [6.07, 6.45) is 3.38. The number of nitrogens with one attached hydrogen (secondary N) is 1. The highest BCUT2D eigenvalue weighted by atomic mass is 16.3. The maximum absolute atomic E-state index is 12.2. The van der Waals surface area contributed by atoms with Crippen LogP contribution in [0.4, 0.5) is 0 Å². The van der Waals surface area contributed by atoms with Crippen LogP contribution < -0.4 is 4.90 Å². The highest BCUT2D eigenvalue weighted by molar-refractivity contribution is 5.37. The van der Waals surface area contributed by atoms with Crippen LogP contribution in [0.2, 0.25) is 0 Å². The quantitative estimate of drug-likeness (QED) is 0.703. The van der Waals surface area contributed by atoms with E-state index in [4.69, 9.17) is 0 Å². The van der Waals surface area contributed by atoms with Crippen molar-refractivity contribution in [2.75, 3.05) is 13.1 Å².